The van der Waals surface area contributed by atoms with Gasteiger partial charge in [-0.25, -0.2) is 0 Å². The van der Waals surface area contributed by atoms with Gasteiger partial charge >= 0.3 is 0 Å². The van der Waals surface area contributed by atoms with Crippen LogP contribution in [0.1, 0.15) is 89.9 Å². The third kappa shape index (κ3) is 13.2. The maximum atomic E-state index is 3.60. The molecule has 0 amide bonds. The van der Waals surface area contributed by atoms with Crippen molar-refractivity contribution >= 4 is 0 Å². The summed E-state index contributed by atoms with van der Waals surface area (Å²) in [5.74, 6) is 0.997. The minimum Gasteiger partial charge on any atom is -0.385 e. The molecule has 0 atom stereocenters. The van der Waals surface area contributed by atoms with Gasteiger partial charge < -0.3 is 5.32 Å². The molecule has 2 rings (SSSR count). The fraction of sp³-hybridized carbons (Fsp3) is 0.571. The minimum atomic E-state index is 0.997. The molecule has 0 aliphatic heterocycles. The summed E-state index contributed by atoms with van der Waals surface area (Å²) >= 11 is 0. The van der Waals surface area contributed by atoms with Crippen LogP contribution in [0.2, 0.25) is 0 Å². The Balaban J connectivity index is 1.63. The second-order valence-electron chi connectivity index (χ2n) is 8.57. The van der Waals surface area contributed by atoms with Gasteiger partial charge in [0.1, 0.15) is 0 Å². The van der Waals surface area contributed by atoms with Crippen LogP contribution in [-0.2, 0) is 0 Å². The Bertz CT molecular complexity index is 561. The molecule has 1 fully saturated rings. The zero-order chi connectivity index (χ0) is 20.2. The van der Waals surface area contributed by atoms with E-state index < -0.39 is 0 Å². The summed E-state index contributed by atoms with van der Waals surface area (Å²) in [6.07, 6.45) is 43.2. The molecule has 0 bridgehead atoms. The quantitative estimate of drug-likeness (QED) is 0.428. The first-order valence-electron chi connectivity index (χ1n) is 12.2. The Morgan fingerprint density at radius 3 is 1.79 bits per heavy atom. The van der Waals surface area contributed by atoms with Crippen molar-refractivity contribution < 1.29 is 0 Å². The van der Waals surface area contributed by atoms with Crippen LogP contribution in [0.3, 0.4) is 0 Å². The normalized spacial score (nSPS) is 24.9. The number of hydrogen-bond donors (Lipinski definition) is 1. The SMILES string of the molecule is C1=C\C=C/C=C(NCCCCCC2CCCCCCCCCC2)\C=C/C=C/C=C1. The van der Waals surface area contributed by atoms with Crippen molar-refractivity contribution in [3.8, 4) is 0 Å². The lowest BCUT2D eigenvalue weighted by Crippen LogP contribution is -2.13. The Labute approximate surface area is 180 Å². The molecule has 0 heterocycles. The zero-order valence-corrected chi connectivity index (χ0v) is 18.5. The Morgan fingerprint density at radius 2 is 1.14 bits per heavy atom. The van der Waals surface area contributed by atoms with Crippen molar-refractivity contribution in [1.29, 1.82) is 0 Å². The van der Waals surface area contributed by atoms with E-state index in [1.54, 1.807) is 0 Å². The minimum absolute atomic E-state index is 0.997. The van der Waals surface area contributed by atoms with Gasteiger partial charge in [0.25, 0.3) is 0 Å². The number of allylic oxidation sites excluding steroid dienone is 11. The van der Waals surface area contributed by atoms with E-state index in [0.717, 1.165) is 12.5 Å². The maximum absolute atomic E-state index is 3.60. The van der Waals surface area contributed by atoms with E-state index in [0.29, 0.717) is 0 Å². The maximum Gasteiger partial charge on any atom is 0.0340 e. The van der Waals surface area contributed by atoms with Crippen molar-refractivity contribution in [1.82, 2.24) is 5.32 Å². The van der Waals surface area contributed by atoms with Gasteiger partial charge in [0.2, 0.25) is 0 Å². The van der Waals surface area contributed by atoms with Crippen LogP contribution in [0.5, 0.6) is 0 Å². The first-order valence-corrected chi connectivity index (χ1v) is 12.2. The lowest BCUT2D eigenvalue weighted by atomic mass is 9.90. The molecule has 1 heteroatoms. The molecule has 2 aliphatic rings. The third-order valence-electron chi connectivity index (χ3n) is 6.03. The average molecular weight is 394 g/mol. The van der Waals surface area contributed by atoms with Crippen LogP contribution in [0.25, 0.3) is 0 Å². The van der Waals surface area contributed by atoms with E-state index in [1.807, 2.05) is 18.2 Å². The summed E-state index contributed by atoms with van der Waals surface area (Å²) in [4.78, 5) is 0. The first kappa shape index (κ1) is 23.5. The monoisotopic (exact) mass is 393 g/mol. The summed E-state index contributed by atoms with van der Waals surface area (Å²) in [7, 11) is 0. The molecule has 0 saturated heterocycles. The topological polar surface area (TPSA) is 12.0 Å². The highest BCUT2D eigenvalue weighted by molar-refractivity contribution is 5.28. The van der Waals surface area contributed by atoms with Gasteiger partial charge in [0.15, 0.2) is 0 Å². The summed E-state index contributed by atoms with van der Waals surface area (Å²) in [5, 5.41) is 3.60. The number of unbranched alkanes of at least 4 members (excludes halogenated alkanes) is 2. The molecule has 0 aromatic carbocycles. The molecule has 160 valence electrons. The van der Waals surface area contributed by atoms with Gasteiger partial charge in [-0.3, -0.25) is 0 Å². The zero-order valence-electron chi connectivity index (χ0n) is 18.5. The summed E-state index contributed by atoms with van der Waals surface area (Å²) in [6, 6.07) is 0. The second kappa shape index (κ2) is 17.1. The van der Waals surface area contributed by atoms with Crippen molar-refractivity contribution in [2.75, 3.05) is 6.54 Å². The summed E-state index contributed by atoms with van der Waals surface area (Å²) < 4.78 is 0. The molecule has 1 N–H and O–H groups in total. The Hall–Kier alpha value is -1.76. The van der Waals surface area contributed by atoms with E-state index in [9.17, 15) is 0 Å². The lowest BCUT2D eigenvalue weighted by Gasteiger charge is -2.16. The van der Waals surface area contributed by atoms with Crippen LogP contribution in [0.4, 0.5) is 0 Å². The molecule has 0 aromatic heterocycles. The van der Waals surface area contributed by atoms with Crippen molar-refractivity contribution in [3.05, 3.63) is 72.5 Å². The van der Waals surface area contributed by atoms with Gasteiger partial charge in [0.05, 0.1) is 0 Å². The van der Waals surface area contributed by atoms with Gasteiger partial charge in [-0.1, -0.05) is 138 Å². The molecule has 2 aliphatic carbocycles. The van der Waals surface area contributed by atoms with Crippen LogP contribution < -0.4 is 5.32 Å². The smallest absolute Gasteiger partial charge is 0.0340 e. The fourth-order valence-electron chi connectivity index (χ4n) is 4.27. The average Bonchev–Trinajstić information content (AvgIpc) is 2.78. The molecule has 29 heavy (non-hydrogen) atoms. The standard InChI is InChI=1S/C28H43N/c1-2-8-12-18-24-28(25-19-13-9-3-1)29-26-20-14-17-23-27-21-15-10-6-4-5-7-11-16-22-27/h1-3,8-9,12-13,18-19,24-25,27,29H,4-7,10-11,14-17,20-23,26H2/b2-1?,3-1?,8-2?,9-3?,12-8+,13-9?,18-12?,19-13-,24-18-,25-19?,28-24?,28-25+. The first-order chi connectivity index (χ1) is 14.4. The van der Waals surface area contributed by atoms with E-state index in [-0.39, 0.29) is 0 Å². The van der Waals surface area contributed by atoms with E-state index in [4.69, 9.17) is 0 Å². The van der Waals surface area contributed by atoms with Crippen molar-refractivity contribution in [2.24, 2.45) is 5.92 Å². The van der Waals surface area contributed by atoms with Crippen LogP contribution >= 0.6 is 0 Å². The third-order valence-corrected chi connectivity index (χ3v) is 6.03. The highest BCUT2D eigenvalue weighted by Crippen LogP contribution is 2.25. The second-order valence-corrected chi connectivity index (χ2v) is 8.57. The van der Waals surface area contributed by atoms with Gasteiger partial charge in [-0.05, 0) is 24.5 Å². The predicted molar refractivity (Wildman–Crippen MR) is 130 cm³/mol. The molecule has 0 spiro atoms. The lowest BCUT2D eigenvalue weighted by molar-refractivity contribution is 0.374. The van der Waals surface area contributed by atoms with Crippen LogP contribution in [0.15, 0.2) is 72.5 Å². The number of hydrogen-bond acceptors (Lipinski definition) is 1. The Kier molecular flexibility index (Phi) is 13.9. The van der Waals surface area contributed by atoms with E-state index >= 15 is 0 Å². The molecular weight excluding hydrogens is 350 g/mol. The van der Waals surface area contributed by atoms with Crippen molar-refractivity contribution in [3.63, 3.8) is 0 Å². The van der Waals surface area contributed by atoms with Gasteiger partial charge in [-0.15, -0.1) is 0 Å². The molecular formula is C28H43N. The highest BCUT2D eigenvalue weighted by Gasteiger charge is 2.09. The van der Waals surface area contributed by atoms with E-state index in [1.165, 1.54) is 95.6 Å². The largest absolute Gasteiger partial charge is 0.385 e. The number of nitrogens with one attached hydrogen (secondary N) is 1. The fourth-order valence-corrected chi connectivity index (χ4v) is 4.27. The molecule has 0 unspecified atom stereocenters. The van der Waals surface area contributed by atoms with Gasteiger partial charge in [-0.2, -0.15) is 0 Å². The summed E-state index contributed by atoms with van der Waals surface area (Å²) in [6.45, 7) is 1.06. The van der Waals surface area contributed by atoms with Crippen LogP contribution in [0, 0.1) is 5.92 Å². The van der Waals surface area contributed by atoms with Gasteiger partial charge in [0, 0.05) is 12.2 Å². The molecule has 1 saturated carbocycles. The highest BCUT2D eigenvalue weighted by atomic mass is 14.9. The van der Waals surface area contributed by atoms with Crippen LogP contribution in [-0.4, -0.2) is 6.54 Å². The molecule has 1 nitrogen and oxygen atoms in total. The number of rotatable bonds is 7. The predicted octanol–water partition coefficient (Wildman–Crippen LogP) is 8.35. The molecule has 0 aromatic rings. The summed E-state index contributed by atoms with van der Waals surface area (Å²) in [5.41, 5.74) is 1.19. The van der Waals surface area contributed by atoms with Crippen molar-refractivity contribution in [2.45, 2.75) is 89.9 Å². The van der Waals surface area contributed by atoms with E-state index in [2.05, 4.69) is 53.9 Å². The molecule has 0 radical (unpaired) electrons. The Morgan fingerprint density at radius 1 is 0.586 bits per heavy atom.